The molecule has 2 rings (SSSR count). The Morgan fingerprint density at radius 1 is 1.26 bits per heavy atom. The van der Waals surface area contributed by atoms with Gasteiger partial charge in [-0.2, -0.15) is 0 Å². The highest BCUT2D eigenvalue weighted by Gasteiger charge is 2.25. The van der Waals surface area contributed by atoms with E-state index in [9.17, 15) is 8.42 Å². The molecule has 106 valence electrons. The van der Waals surface area contributed by atoms with Crippen LogP contribution in [0.5, 0.6) is 0 Å². The minimum Gasteiger partial charge on any atom is -0.397 e. The van der Waals surface area contributed by atoms with E-state index in [2.05, 4.69) is 18.7 Å². The van der Waals surface area contributed by atoms with Crippen molar-refractivity contribution >= 4 is 21.4 Å². The van der Waals surface area contributed by atoms with Crippen LogP contribution in [0.2, 0.25) is 0 Å². The fourth-order valence-electron chi connectivity index (χ4n) is 2.57. The summed E-state index contributed by atoms with van der Waals surface area (Å²) in [5.74, 6) is 0.578. The molecule has 0 saturated carbocycles. The molecule has 1 aliphatic rings. The Morgan fingerprint density at radius 2 is 1.95 bits per heavy atom. The second kappa shape index (κ2) is 5.02. The minimum atomic E-state index is -3.69. The Labute approximate surface area is 114 Å². The fourth-order valence-corrected chi connectivity index (χ4v) is 3.11. The van der Waals surface area contributed by atoms with Crippen LogP contribution in [0, 0.1) is 5.92 Å². The quantitative estimate of drug-likeness (QED) is 0.806. The predicted molar refractivity (Wildman–Crippen MR) is 77.4 cm³/mol. The monoisotopic (exact) mass is 283 g/mol. The molecule has 0 amide bonds. The molecule has 0 aromatic heterocycles. The summed E-state index contributed by atoms with van der Waals surface area (Å²) < 4.78 is 22.9. The summed E-state index contributed by atoms with van der Waals surface area (Å²) in [5.41, 5.74) is 7.35. The van der Waals surface area contributed by atoms with Crippen LogP contribution in [0.25, 0.3) is 0 Å². The van der Waals surface area contributed by atoms with Gasteiger partial charge in [0.1, 0.15) is 0 Å². The van der Waals surface area contributed by atoms with Crippen LogP contribution in [0.3, 0.4) is 0 Å². The van der Waals surface area contributed by atoms with Crippen molar-refractivity contribution < 1.29 is 8.42 Å². The molecule has 6 heteroatoms. The topological polar surface area (TPSA) is 89.4 Å². The molecule has 5 nitrogen and oxygen atoms in total. The lowest BCUT2D eigenvalue weighted by Crippen LogP contribution is -2.41. The highest BCUT2D eigenvalue weighted by atomic mass is 32.2. The first-order valence-electron chi connectivity index (χ1n) is 6.48. The maximum atomic E-state index is 11.4. The third kappa shape index (κ3) is 3.01. The molecule has 0 aliphatic carbocycles. The Morgan fingerprint density at radius 3 is 2.58 bits per heavy atom. The number of anilines is 2. The van der Waals surface area contributed by atoms with E-state index in [1.807, 2.05) is 0 Å². The van der Waals surface area contributed by atoms with Gasteiger partial charge in [-0.05, 0) is 43.9 Å². The number of benzene rings is 1. The first-order valence-corrected chi connectivity index (χ1v) is 8.02. The molecule has 19 heavy (non-hydrogen) atoms. The number of rotatable bonds is 2. The van der Waals surface area contributed by atoms with Crippen molar-refractivity contribution in [2.24, 2.45) is 11.1 Å². The first-order chi connectivity index (χ1) is 8.79. The number of nitrogens with zero attached hydrogens (tertiary/aromatic N) is 1. The van der Waals surface area contributed by atoms with Crippen molar-refractivity contribution in [3.8, 4) is 0 Å². The van der Waals surface area contributed by atoms with E-state index in [4.69, 9.17) is 10.9 Å². The van der Waals surface area contributed by atoms with Crippen molar-refractivity contribution in [1.82, 2.24) is 0 Å². The van der Waals surface area contributed by atoms with Gasteiger partial charge in [-0.25, -0.2) is 13.6 Å². The average Bonchev–Trinajstić information content (AvgIpc) is 2.32. The van der Waals surface area contributed by atoms with Gasteiger partial charge in [-0.3, -0.25) is 0 Å². The highest BCUT2D eigenvalue weighted by molar-refractivity contribution is 7.89. The van der Waals surface area contributed by atoms with Crippen LogP contribution in [0.1, 0.15) is 26.7 Å². The van der Waals surface area contributed by atoms with Crippen LogP contribution < -0.4 is 15.8 Å². The van der Waals surface area contributed by atoms with Crippen LogP contribution >= 0.6 is 0 Å². The van der Waals surface area contributed by atoms with Crippen LogP contribution in [0.15, 0.2) is 23.1 Å². The third-order valence-electron chi connectivity index (χ3n) is 3.76. The molecule has 4 N–H and O–H groups in total. The van der Waals surface area contributed by atoms with Gasteiger partial charge in [0.25, 0.3) is 0 Å². The van der Waals surface area contributed by atoms with E-state index >= 15 is 0 Å². The Bertz CT molecular complexity index is 571. The normalized spacial score (nSPS) is 24.5. The van der Waals surface area contributed by atoms with E-state index < -0.39 is 10.0 Å². The standard InChI is InChI=1S/C13H21N3O2S/c1-9-3-4-10(2)16(8-9)13-7-11(19(15,17)18)5-6-12(13)14/h5-7,9-10H,3-4,8,14H2,1-2H3,(H2,15,17,18). The molecule has 1 aromatic carbocycles. The van der Waals surface area contributed by atoms with Gasteiger partial charge in [0.2, 0.25) is 10.0 Å². The fraction of sp³-hybridized carbons (Fsp3) is 0.538. The number of nitrogen functional groups attached to an aromatic ring is 1. The van der Waals surface area contributed by atoms with Crippen molar-refractivity contribution in [2.75, 3.05) is 17.2 Å². The average molecular weight is 283 g/mol. The highest BCUT2D eigenvalue weighted by Crippen LogP contribution is 2.32. The molecule has 2 atom stereocenters. The number of hydrogen-bond acceptors (Lipinski definition) is 4. The number of hydrogen-bond donors (Lipinski definition) is 2. The van der Waals surface area contributed by atoms with Crippen molar-refractivity contribution in [1.29, 1.82) is 0 Å². The van der Waals surface area contributed by atoms with Gasteiger partial charge in [-0.1, -0.05) is 6.92 Å². The maximum Gasteiger partial charge on any atom is 0.238 e. The number of nitrogens with two attached hydrogens (primary N) is 2. The molecule has 1 aromatic rings. The van der Waals surface area contributed by atoms with Gasteiger partial charge >= 0.3 is 0 Å². The van der Waals surface area contributed by atoms with Crippen molar-refractivity contribution in [3.63, 3.8) is 0 Å². The summed E-state index contributed by atoms with van der Waals surface area (Å²) in [4.78, 5) is 2.29. The van der Waals surface area contributed by atoms with E-state index in [-0.39, 0.29) is 4.90 Å². The molecule has 0 bridgehead atoms. The molecule has 1 fully saturated rings. The lowest BCUT2D eigenvalue weighted by Gasteiger charge is -2.39. The minimum absolute atomic E-state index is 0.113. The van der Waals surface area contributed by atoms with E-state index in [0.717, 1.165) is 18.7 Å². The second-order valence-corrected chi connectivity index (χ2v) is 7.01. The van der Waals surface area contributed by atoms with E-state index in [0.29, 0.717) is 17.6 Å². The molecule has 1 aliphatic heterocycles. The smallest absolute Gasteiger partial charge is 0.238 e. The summed E-state index contributed by atoms with van der Waals surface area (Å²) in [5, 5.41) is 5.18. The van der Waals surface area contributed by atoms with Gasteiger partial charge in [0.15, 0.2) is 0 Å². The van der Waals surface area contributed by atoms with Crippen molar-refractivity contribution in [2.45, 2.75) is 37.6 Å². The van der Waals surface area contributed by atoms with Crippen LogP contribution in [0.4, 0.5) is 11.4 Å². The van der Waals surface area contributed by atoms with Gasteiger partial charge in [-0.15, -0.1) is 0 Å². The molecule has 0 spiro atoms. The first kappa shape index (κ1) is 14.1. The van der Waals surface area contributed by atoms with Gasteiger partial charge in [0, 0.05) is 12.6 Å². The Balaban J connectivity index is 2.43. The van der Waals surface area contributed by atoms with Crippen LogP contribution in [-0.4, -0.2) is 21.0 Å². The summed E-state index contributed by atoms with van der Waals surface area (Å²) in [6.45, 7) is 5.22. The summed E-state index contributed by atoms with van der Waals surface area (Å²) >= 11 is 0. The molecule has 2 unspecified atom stereocenters. The zero-order chi connectivity index (χ0) is 14.2. The van der Waals surface area contributed by atoms with E-state index in [1.165, 1.54) is 12.5 Å². The maximum absolute atomic E-state index is 11.4. The SMILES string of the molecule is CC1CCC(C)N(c2cc(S(N)(=O)=O)ccc2N)C1. The second-order valence-electron chi connectivity index (χ2n) is 5.45. The summed E-state index contributed by atoms with van der Waals surface area (Å²) in [6.07, 6.45) is 2.27. The summed E-state index contributed by atoms with van der Waals surface area (Å²) in [6, 6.07) is 5.00. The largest absolute Gasteiger partial charge is 0.397 e. The third-order valence-corrected chi connectivity index (χ3v) is 4.67. The number of piperidine rings is 1. The molecule has 1 saturated heterocycles. The summed E-state index contributed by atoms with van der Waals surface area (Å²) in [7, 11) is -3.69. The molecule has 1 heterocycles. The lowest BCUT2D eigenvalue weighted by molar-refractivity contribution is 0.390. The van der Waals surface area contributed by atoms with Gasteiger partial charge in [0.05, 0.1) is 16.3 Å². The lowest BCUT2D eigenvalue weighted by atomic mass is 9.94. The zero-order valence-corrected chi connectivity index (χ0v) is 12.2. The van der Waals surface area contributed by atoms with Crippen molar-refractivity contribution in [3.05, 3.63) is 18.2 Å². The number of primary sulfonamides is 1. The zero-order valence-electron chi connectivity index (χ0n) is 11.3. The predicted octanol–water partition coefficient (Wildman–Crippen LogP) is 1.54. The molecular weight excluding hydrogens is 262 g/mol. The van der Waals surface area contributed by atoms with E-state index in [1.54, 1.807) is 12.1 Å². The van der Waals surface area contributed by atoms with Crippen LogP contribution in [-0.2, 0) is 10.0 Å². The molecule has 0 radical (unpaired) electrons. The molecular formula is C13H21N3O2S. The Kier molecular flexibility index (Phi) is 3.73. The number of sulfonamides is 1. The Hall–Kier alpha value is -1.27. The van der Waals surface area contributed by atoms with Gasteiger partial charge < -0.3 is 10.6 Å².